The second kappa shape index (κ2) is 6.29. The third-order valence-electron chi connectivity index (χ3n) is 4.65. The molecule has 0 aliphatic carbocycles. The molecule has 1 unspecified atom stereocenters. The van der Waals surface area contributed by atoms with Gasteiger partial charge in [-0.2, -0.15) is 0 Å². The molecule has 2 N–H and O–H groups in total. The number of hydrogen-bond donors (Lipinski definition) is 2. The van der Waals surface area contributed by atoms with Gasteiger partial charge in [0.05, 0.1) is 24.3 Å². The first-order valence-corrected chi connectivity index (χ1v) is 10.1. The molecular weight excluding hydrogens is 338 g/mol. The summed E-state index contributed by atoms with van der Waals surface area (Å²) in [4.78, 5) is 9.82. The number of H-pyrrole nitrogens is 1. The smallest absolute Gasteiger partial charge is 0.208 e. The van der Waals surface area contributed by atoms with Gasteiger partial charge in [0.2, 0.25) is 10.0 Å². The Bertz CT molecular complexity index is 991. The Balaban J connectivity index is 1.56. The van der Waals surface area contributed by atoms with Gasteiger partial charge in [0.15, 0.2) is 0 Å². The Morgan fingerprint density at radius 2 is 2.24 bits per heavy atom. The van der Waals surface area contributed by atoms with Crippen molar-refractivity contribution in [2.75, 3.05) is 19.3 Å². The molecule has 7 nitrogen and oxygen atoms in total. The molecule has 1 aliphatic rings. The van der Waals surface area contributed by atoms with Crippen LogP contribution in [-0.2, 0) is 23.1 Å². The number of aromatic nitrogens is 3. The highest BCUT2D eigenvalue weighted by Gasteiger charge is 2.26. The van der Waals surface area contributed by atoms with E-state index in [-0.39, 0.29) is 6.04 Å². The number of benzene rings is 1. The predicted molar refractivity (Wildman–Crippen MR) is 96.5 cm³/mol. The van der Waals surface area contributed by atoms with E-state index in [0.29, 0.717) is 6.54 Å². The molecule has 0 amide bonds. The molecule has 25 heavy (non-hydrogen) atoms. The zero-order valence-corrected chi connectivity index (χ0v) is 14.8. The highest BCUT2D eigenvalue weighted by atomic mass is 32.2. The quantitative estimate of drug-likeness (QED) is 0.723. The van der Waals surface area contributed by atoms with Crippen molar-refractivity contribution in [1.82, 2.24) is 24.2 Å². The first-order chi connectivity index (χ1) is 12.0. The number of imidazole rings is 1. The van der Waals surface area contributed by atoms with Crippen LogP contribution in [0.4, 0.5) is 0 Å². The maximum Gasteiger partial charge on any atom is 0.208 e. The van der Waals surface area contributed by atoms with Crippen LogP contribution in [-0.4, -0.2) is 47.2 Å². The van der Waals surface area contributed by atoms with E-state index in [1.807, 2.05) is 12.4 Å². The molecule has 8 heteroatoms. The first-order valence-electron chi connectivity index (χ1n) is 8.22. The molecule has 1 atom stereocenters. The molecule has 0 saturated carbocycles. The summed E-state index contributed by atoms with van der Waals surface area (Å²) in [6.45, 7) is 2.76. The van der Waals surface area contributed by atoms with E-state index < -0.39 is 10.0 Å². The standard InChI is InChI=1S/C17H21N5O2S/c1-25(23,24)20-8-15-11-21(10-14-7-18-12-22(14)15)9-13-3-2-4-17-16(13)5-6-19-17/h2-7,12,15,19-20H,8-11H2,1H3. The van der Waals surface area contributed by atoms with Gasteiger partial charge in [-0.1, -0.05) is 12.1 Å². The molecule has 0 radical (unpaired) electrons. The van der Waals surface area contributed by atoms with Crippen LogP contribution >= 0.6 is 0 Å². The van der Waals surface area contributed by atoms with Crippen LogP contribution in [0.5, 0.6) is 0 Å². The first kappa shape index (κ1) is 16.3. The van der Waals surface area contributed by atoms with Crippen molar-refractivity contribution in [3.63, 3.8) is 0 Å². The van der Waals surface area contributed by atoms with Gasteiger partial charge in [0.25, 0.3) is 0 Å². The Labute approximate surface area is 146 Å². The third kappa shape index (κ3) is 3.46. The van der Waals surface area contributed by atoms with Crippen molar-refractivity contribution in [3.8, 4) is 0 Å². The fourth-order valence-electron chi connectivity index (χ4n) is 3.52. The molecule has 1 aliphatic heterocycles. The summed E-state index contributed by atoms with van der Waals surface area (Å²) >= 11 is 0. The Kier molecular flexibility index (Phi) is 4.10. The second-order valence-electron chi connectivity index (χ2n) is 6.59. The molecule has 1 aromatic carbocycles. The fourth-order valence-corrected chi connectivity index (χ4v) is 4.02. The summed E-state index contributed by atoms with van der Waals surface area (Å²) < 4.78 is 27.6. The molecule has 0 fully saturated rings. The molecular formula is C17H21N5O2S. The zero-order chi connectivity index (χ0) is 17.4. The van der Waals surface area contributed by atoms with Crippen molar-refractivity contribution in [3.05, 3.63) is 54.2 Å². The average Bonchev–Trinajstić information content (AvgIpc) is 3.21. The summed E-state index contributed by atoms with van der Waals surface area (Å²) in [7, 11) is -3.21. The summed E-state index contributed by atoms with van der Waals surface area (Å²) in [5.74, 6) is 0. The number of aromatic amines is 1. The lowest BCUT2D eigenvalue weighted by atomic mass is 10.1. The highest BCUT2D eigenvalue weighted by Crippen LogP contribution is 2.25. The minimum Gasteiger partial charge on any atom is -0.361 e. The largest absolute Gasteiger partial charge is 0.361 e. The lowest BCUT2D eigenvalue weighted by Gasteiger charge is -2.34. The highest BCUT2D eigenvalue weighted by molar-refractivity contribution is 7.88. The van der Waals surface area contributed by atoms with Crippen molar-refractivity contribution >= 4 is 20.9 Å². The van der Waals surface area contributed by atoms with Crippen molar-refractivity contribution in [2.24, 2.45) is 0 Å². The van der Waals surface area contributed by atoms with E-state index in [1.165, 1.54) is 17.2 Å². The predicted octanol–water partition coefficient (Wildman–Crippen LogP) is 1.47. The van der Waals surface area contributed by atoms with E-state index in [1.54, 1.807) is 6.33 Å². The fraction of sp³-hybridized carbons (Fsp3) is 0.353. The van der Waals surface area contributed by atoms with Crippen LogP contribution in [0, 0.1) is 0 Å². The number of fused-ring (bicyclic) bond motifs is 2. The zero-order valence-electron chi connectivity index (χ0n) is 14.0. The van der Waals surface area contributed by atoms with Crippen LogP contribution in [0.3, 0.4) is 0 Å². The number of rotatable bonds is 5. The summed E-state index contributed by atoms with van der Waals surface area (Å²) in [5.41, 5.74) is 3.50. The van der Waals surface area contributed by atoms with Crippen molar-refractivity contribution in [1.29, 1.82) is 0 Å². The number of nitrogens with zero attached hydrogens (tertiary/aromatic N) is 3. The molecule has 0 bridgehead atoms. The van der Waals surface area contributed by atoms with Crippen molar-refractivity contribution in [2.45, 2.75) is 19.1 Å². The summed E-state index contributed by atoms with van der Waals surface area (Å²) in [6.07, 6.45) is 6.79. The van der Waals surface area contributed by atoms with Gasteiger partial charge in [-0.15, -0.1) is 0 Å². The minimum atomic E-state index is -3.21. The Hall–Kier alpha value is -2.16. The topological polar surface area (TPSA) is 83.0 Å². The Morgan fingerprint density at radius 1 is 1.36 bits per heavy atom. The lowest BCUT2D eigenvalue weighted by molar-refractivity contribution is 0.178. The molecule has 3 aromatic rings. The SMILES string of the molecule is CS(=O)(=O)NCC1CN(Cc2cccc3[nH]ccc23)Cc2cncn21. The Morgan fingerprint density at radius 3 is 3.08 bits per heavy atom. The van der Waals surface area contributed by atoms with Gasteiger partial charge in [0.1, 0.15) is 0 Å². The van der Waals surface area contributed by atoms with Gasteiger partial charge in [-0.05, 0) is 17.7 Å². The van der Waals surface area contributed by atoms with Gasteiger partial charge in [0, 0.05) is 49.5 Å². The van der Waals surface area contributed by atoms with Gasteiger partial charge < -0.3 is 9.55 Å². The van der Waals surface area contributed by atoms with Gasteiger partial charge >= 0.3 is 0 Å². The number of sulfonamides is 1. The van der Waals surface area contributed by atoms with Crippen molar-refractivity contribution < 1.29 is 8.42 Å². The lowest BCUT2D eigenvalue weighted by Crippen LogP contribution is -2.41. The molecule has 132 valence electrons. The van der Waals surface area contributed by atoms with Crippen LogP contribution in [0.2, 0.25) is 0 Å². The maximum absolute atomic E-state index is 11.5. The van der Waals surface area contributed by atoms with E-state index in [4.69, 9.17) is 0 Å². The maximum atomic E-state index is 11.5. The normalized spacial score (nSPS) is 18.5. The van der Waals surface area contributed by atoms with Gasteiger partial charge in [-0.25, -0.2) is 18.1 Å². The van der Waals surface area contributed by atoms with E-state index in [2.05, 4.69) is 48.4 Å². The average molecular weight is 359 g/mol. The van der Waals surface area contributed by atoms with E-state index in [9.17, 15) is 8.42 Å². The third-order valence-corrected chi connectivity index (χ3v) is 5.35. The molecule has 4 rings (SSSR count). The molecule has 0 spiro atoms. The number of hydrogen-bond acceptors (Lipinski definition) is 4. The summed E-state index contributed by atoms with van der Waals surface area (Å²) in [6, 6.07) is 8.41. The molecule has 0 saturated heterocycles. The number of nitrogens with one attached hydrogen (secondary N) is 2. The molecule has 2 aromatic heterocycles. The van der Waals surface area contributed by atoms with Gasteiger partial charge in [-0.3, -0.25) is 4.90 Å². The van der Waals surface area contributed by atoms with Crippen LogP contribution in [0.25, 0.3) is 10.9 Å². The summed E-state index contributed by atoms with van der Waals surface area (Å²) in [5, 5.41) is 1.23. The van der Waals surface area contributed by atoms with E-state index >= 15 is 0 Å². The second-order valence-corrected chi connectivity index (χ2v) is 8.43. The molecule has 3 heterocycles. The minimum absolute atomic E-state index is 0.0337. The van der Waals surface area contributed by atoms with Crippen LogP contribution < -0.4 is 4.72 Å². The monoisotopic (exact) mass is 359 g/mol. The van der Waals surface area contributed by atoms with Crippen LogP contribution in [0.1, 0.15) is 17.3 Å². The van der Waals surface area contributed by atoms with E-state index in [0.717, 1.165) is 30.8 Å². The van der Waals surface area contributed by atoms with Crippen LogP contribution in [0.15, 0.2) is 43.0 Å².